The molecule has 0 spiro atoms. The summed E-state index contributed by atoms with van der Waals surface area (Å²) in [7, 11) is 4.05. The molecular weight excluding hydrogens is 226 g/mol. The van der Waals surface area contributed by atoms with Crippen LogP contribution in [-0.4, -0.2) is 30.9 Å². The number of nitrogens with two attached hydrogens (primary N) is 1. The second-order valence-electron chi connectivity index (χ2n) is 5.19. The molecule has 1 atom stereocenters. The number of rotatable bonds is 5. The second kappa shape index (κ2) is 6.52. The average molecular weight is 249 g/mol. The fourth-order valence-electron chi connectivity index (χ4n) is 1.59. The highest BCUT2D eigenvalue weighted by atomic mass is 16.2. The Morgan fingerprint density at radius 2 is 1.83 bits per heavy atom. The number of amides is 1. The molecule has 18 heavy (non-hydrogen) atoms. The Kier molecular flexibility index (Phi) is 5.31. The maximum atomic E-state index is 11.8. The van der Waals surface area contributed by atoms with Crippen molar-refractivity contribution in [2.75, 3.05) is 19.4 Å². The smallest absolute Gasteiger partial charge is 0.241 e. The molecule has 0 radical (unpaired) electrons. The summed E-state index contributed by atoms with van der Waals surface area (Å²) < 4.78 is 0. The minimum Gasteiger partial charge on any atom is -0.325 e. The highest BCUT2D eigenvalue weighted by Crippen LogP contribution is 2.11. The number of nitrogens with zero attached hydrogens (tertiary/aromatic N) is 1. The van der Waals surface area contributed by atoms with Crippen LogP contribution in [-0.2, 0) is 11.3 Å². The molecule has 0 aromatic heterocycles. The minimum atomic E-state index is -0.466. The maximum absolute atomic E-state index is 11.8. The van der Waals surface area contributed by atoms with Gasteiger partial charge < -0.3 is 16.0 Å². The van der Waals surface area contributed by atoms with E-state index < -0.39 is 6.04 Å². The third-order valence-electron chi connectivity index (χ3n) is 2.74. The first-order valence-corrected chi connectivity index (χ1v) is 6.20. The Morgan fingerprint density at radius 1 is 1.28 bits per heavy atom. The summed E-state index contributed by atoms with van der Waals surface area (Å²) in [5.74, 6) is 0.00312. The van der Waals surface area contributed by atoms with Crippen molar-refractivity contribution in [3.8, 4) is 0 Å². The average Bonchev–Trinajstić information content (AvgIpc) is 2.29. The zero-order valence-corrected chi connectivity index (χ0v) is 11.6. The van der Waals surface area contributed by atoms with Crippen molar-refractivity contribution in [1.29, 1.82) is 0 Å². The van der Waals surface area contributed by atoms with Crippen LogP contribution in [0.1, 0.15) is 19.4 Å². The van der Waals surface area contributed by atoms with Gasteiger partial charge in [0.25, 0.3) is 0 Å². The lowest BCUT2D eigenvalue weighted by Gasteiger charge is -2.15. The van der Waals surface area contributed by atoms with Gasteiger partial charge in [0.05, 0.1) is 6.04 Å². The zero-order valence-electron chi connectivity index (χ0n) is 11.6. The van der Waals surface area contributed by atoms with Gasteiger partial charge in [0.1, 0.15) is 0 Å². The number of benzene rings is 1. The van der Waals surface area contributed by atoms with E-state index in [0.29, 0.717) is 0 Å². The molecule has 1 aromatic rings. The molecule has 0 aliphatic carbocycles. The fraction of sp³-hybridized carbons (Fsp3) is 0.500. The molecule has 0 bridgehead atoms. The standard InChI is InChI=1S/C14H23N3O/c1-10(2)13(15)14(18)16-12-7-5-11(6-8-12)9-17(3)4/h5-8,10,13H,9,15H2,1-4H3,(H,16,18). The quantitative estimate of drug-likeness (QED) is 0.834. The molecule has 0 fully saturated rings. The zero-order chi connectivity index (χ0) is 13.7. The Morgan fingerprint density at radius 3 is 2.28 bits per heavy atom. The summed E-state index contributed by atoms with van der Waals surface area (Å²) in [6, 6.07) is 7.37. The summed E-state index contributed by atoms with van der Waals surface area (Å²) >= 11 is 0. The molecule has 1 amide bonds. The van der Waals surface area contributed by atoms with Crippen LogP contribution < -0.4 is 11.1 Å². The van der Waals surface area contributed by atoms with Crippen molar-refractivity contribution in [3.05, 3.63) is 29.8 Å². The SMILES string of the molecule is CC(C)C(N)C(=O)Nc1ccc(CN(C)C)cc1. The fourth-order valence-corrected chi connectivity index (χ4v) is 1.59. The lowest BCUT2D eigenvalue weighted by atomic mass is 10.0. The molecule has 1 aromatic carbocycles. The topological polar surface area (TPSA) is 58.4 Å². The van der Waals surface area contributed by atoms with Crippen LogP contribution in [0.3, 0.4) is 0 Å². The third kappa shape index (κ3) is 4.47. The molecule has 3 N–H and O–H groups in total. The van der Waals surface area contributed by atoms with E-state index in [0.717, 1.165) is 12.2 Å². The van der Waals surface area contributed by atoms with Gasteiger partial charge in [-0.15, -0.1) is 0 Å². The first-order chi connectivity index (χ1) is 8.40. The van der Waals surface area contributed by atoms with Crippen LogP contribution >= 0.6 is 0 Å². The molecule has 1 unspecified atom stereocenters. The van der Waals surface area contributed by atoms with E-state index in [1.165, 1.54) is 5.56 Å². The molecule has 100 valence electrons. The Bertz CT molecular complexity index is 385. The monoisotopic (exact) mass is 249 g/mol. The Hall–Kier alpha value is -1.39. The van der Waals surface area contributed by atoms with Crippen LogP contribution in [0.25, 0.3) is 0 Å². The molecule has 0 saturated carbocycles. The van der Waals surface area contributed by atoms with Gasteiger partial charge in [-0.05, 0) is 37.7 Å². The Balaban J connectivity index is 2.61. The van der Waals surface area contributed by atoms with Gasteiger partial charge in [-0.1, -0.05) is 26.0 Å². The molecule has 1 rings (SSSR count). The molecular formula is C14H23N3O. The Labute approximate surface area is 109 Å². The first-order valence-electron chi connectivity index (χ1n) is 6.20. The van der Waals surface area contributed by atoms with Gasteiger partial charge in [0, 0.05) is 12.2 Å². The number of carbonyl (C=O) groups is 1. The van der Waals surface area contributed by atoms with E-state index in [1.807, 2.05) is 52.2 Å². The second-order valence-corrected chi connectivity index (χ2v) is 5.19. The highest BCUT2D eigenvalue weighted by Gasteiger charge is 2.16. The van der Waals surface area contributed by atoms with Gasteiger partial charge in [0.15, 0.2) is 0 Å². The van der Waals surface area contributed by atoms with Gasteiger partial charge in [-0.25, -0.2) is 0 Å². The third-order valence-corrected chi connectivity index (χ3v) is 2.74. The van der Waals surface area contributed by atoms with Gasteiger partial charge in [0.2, 0.25) is 5.91 Å². The van der Waals surface area contributed by atoms with Crippen molar-refractivity contribution >= 4 is 11.6 Å². The predicted octanol–water partition coefficient (Wildman–Crippen LogP) is 1.67. The predicted molar refractivity (Wildman–Crippen MR) is 75.3 cm³/mol. The van der Waals surface area contributed by atoms with E-state index in [-0.39, 0.29) is 11.8 Å². The highest BCUT2D eigenvalue weighted by molar-refractivity contribution is 5.94. The summed E-state index contributed by atoms with van der Waals surface area (Å²) in [4.78, 5) is 13.9. The summed E-state index contributed by atoms with van der Waals surface area (Å²) in [6.45, 7) is 4.76. The lowest BCUT2D eigenvalue weighted by molar-refractivity contribution is -0.118. The van der Waals surface area contributed by atoms with Crippen LogP contribution in [0.5, 0.6) is 0 Å². The summed E-state index contributed by atoms with van der Waals surface area (Å²) in [5, 5.41) is 2.83. The number of anilines is 1. The minimum absolute atomic E-state index is 0.134. The normalized spacial score (nSPS) is 12.8. The molecule has 4 heteroatoms. The van der Waals surface area contributed by atoms with E-state index in [1.54, 1.807) is 0 Å². The van der Waals surface area contributed by atoms with E-state index in [9.17, 15) is 4.79 Å². The summed E-state index contributed by atoms with van der Waals surface area (Å²) in [6.07, 6.45) is 0. The van der Waals surface area contributed by atoms with E-state index in [4.69, 9.17) is 5.73 Å². The number of hydrogen-bond acceptors (Lipinski definition) is 3. The van der Waals surface area contributed by atoms with Gasteiger partial charge in [-0.3, -0.25) is 4.79 Å². The lowest BCUT2D eigenvalue weighted by Crippen LogP contribution is -2.39. The first kappa shape index (κ1) is 14.7. The van der Waals surface area contributed by atoms with Gasteiger partial charge in [-0.2, -0.15) is 0 Å². The maximum Gasteiger partial charge on any atom is 0.241 e. The van der Waals surface area contributed by atoms with Crippen molar-refractivity contribution in [3.63, 3.8) is 0 Å². The molecule has 0 saturated heterocycles. The van der Waals surface area contributed by atoms with Crippen LogP contribution in [0.15, 0.2) is 24.3 Å². The largest absolute Gasteiger partial charge is 0.325 e. The molecule has 0 aliphatic heterocycles. The van der Waals surface area contributed by atoms with Crippen molar-refractivity contribution in [1.82, 2.24) is 4.90 Å². The van der Waals surface area contributed by atoms with Crippen molar-refractivity contribution < 1.29 is 4.79 Å². The van der Waals surface area contributed by atoms with Crippen LogP contribution in [0.2, 0.25) is 0 Å². The molecule has 0 heterocycles. The van der Waals surface area contributed by atoms with Crippen LogP contribution in [0.4, 0.5) is 5.69 Å². The molecule has 4 nitrogen and oxygen atoms in total. The number of hydrogen-bond donors (Lipinski definition) is 2. The number of carbonyl (C=O) groups excluding carboxylic acids is 1. The van der Waals surface area contributed by atoms with Gasteiger partial charge >= 0.3 is 0 Å². The molecule has 0 aliphatic rings. The summed E-state index contributed by atoms with van der Waals surface area (Å²) in [5.41, 5.74) is 7.79. The van der Waals surface area contributed by atoms with E-state index >= 15 is 0 Å². The van der Waals surface area contributed by atoms with Crippen LogP contribution in [0, 0.1) is 5.92 Å². The van der Waals surface area contributed by atoms with E-state index in [2.05, 4.69) is 10.2 Å². The number of nitrogens with one attached hydrogen (secondary N) is 1. The van der Waals surface area contributed by atoms with Crippen molar-refractivity contribution in [2.45, 2.75) is 26.4 Å². The van der Waals surface area contributed by atoms with Crippen molar-refractivity contribution in [2.24, 2.45) is 11.7 Å².